The molecule has 1 unspecified atom stereocenters. The summed E-state index contributed by atoms with van der Waals surface area (Å²) in [4.78, 5) is 28.9. The van der Waals surface area contributed by atoms with Gasteiger partial charge < -0.3 is 15.5 Å². The van der Waals surface area contributed by atoms with Gasteiger partial charge in [0.05, 0.1) is 6.54 Å². The highest BCUT2D eigenvalue weighted by Crippen LogP contribution is 2.23. The van der Waals surface area contributed by atoms with Crippen molar-refractivity contribution in [3.63, 3.8) is 0 Å². The van der Waals surface area contributed by atoms with E-state index in [-0.39, 0.29) is 36.7 Å². The third-order valence-electron chi connectivity index (χ3n) is 5.57. The lowest BCUT2D eigenvalue weighted by atomic mass is 9.89. The Morgan fingerprint density at radius 3 is 2.42 bits per heavy atom. The lowest BCUT2D eigenvalue weighted by Gasteiger charge is -2.32. The lowest BCUT2D eigenvalue weighted by Crippen LogP contribution is -2.49. The van der Waals surface area contributed by atoms with Crippen molar-refractivity contribution in [2.45, 2.75) is 44.6 Å². The molecule has 1 atom stereocenters. The number of halogens is 1. The predicted octanol–water partition coefficient (Wildman–Crippen LogP) is 0.611. The molecule has 3 fully saturated rings. The molecule has 0 spiro atoms. The van der Waals surface area contributed by atoms with E-state index in [0.717, 1.165) is 71.4 Å². The smallest absolute Gasteiger partial charge is 0.242 e. The number of amides is 2. The van der Waals surface area contributed by atoms with E-state index in [1.165, 1.54) is 6.42 Å². The van der Waals surface area contributed by atoms with Crippen LogP contribution in [0.25, 0.3) is 0 Å². The van der Waals surface area contributed by atoms with Crippen LogP contribution in [0.4, 0.5) is 0 Å². The number of nitrogens with zero attached hydrogens (tertiary/aromatic N) is 2. The van der Waals surface area contributed by atoms with Gasteiger partial charge in [-0.15, -0.1) is 12.4 Å². The number of piperazine rings is 1. The van der Waals surface area contributed by atoms with E-state index in [0.29, 0.717) is 6.04 Å². The zero-order valence-corrected chi connectivity index (χ0v) is 15.3. The fraction of sp³-hybridized carbons (Fsp3) is 0.882. The first kappa shape index (κ1) is 19.5. The Morgan fingerprint density at radius 2 is 1.71 bits per heavy atom. The molecule has 7 heteroatoms. The summed E-state index contributed by atoms with van der Waals surface area (Å²) in [5.74, 6) is 0.284. The van der Waals surface area contributed by atoms with Gasteiger partial charge in [0.2, 0.25) is 11.8 Å². The van der Waals surface area contributed by atoms with Gasteiger partial charge >= 0.3 is 0 Å². The summed E-state index contributed by atoms with van der Waals surface area (Å²) in [7, 11) is 0. The van der Waals surface area contributed by atoms with Crippen molar-refractivity contribution >= 4 is 24.2 Å². The fourth-order valence-electron chi connectivity index (χ4n) is 4.10. The first-order valence-corrected chi connectivity index (χ1v) is 9.24. The minimum absolute atomic E-state index is 0. The van der Waals surface area contributed by atoms with Crippen LogP contribution in [0, 0.1) is 5.92 Å². The van der Waals surface area contributed by atoms with Gasteiger partial charge in [-0.1, -0.05) is 19.3 Å². The monoisotopic (exact) mass is 358 g/mol. The van der Waals surface area contributed by atoms with Gasteiger partial charge in [0, 0.05) is 51.2 Å². The average Bonchev–Trinajstić information content (AvgIpc) is 3.11. The Kier molecular flexibility index (Phi) is 7.78. The molecule has 0 aromatic rings. The molecule has 2 amide bonds. The fourth-order valence-corrected chi connectivity index (χ4v) is 4.10. The first-order chi connectivity index (χ1) is 11.2. The number of nitrogens with one attached hydrogen (secondary N) is 2. The molecule has 2 saturated heterocycles. The van der Waals surface area contributed by atoms with E-state index in [4.69, 9.17) is 0 Å². The highest BCUT2D eigenvalue weighted by Gasteiger charge is 2.31. The van der Waals surface area contributed by atoms with E-state index < -0.39 is 0 Å². The molecular formula is C17H31ClN4O2. The molecule has 24 heavy (non-hydrogen) atoms. The van der Waals surface area contributed by atoms with Crippen molar-refractivity contribution in [1.29, 1.82) is 0 Å². The molecule has 138 valence electrons. The maximum Gasteiger partial charge on any atom is 0.242 e. The van der Waals surface area contributed by atoms with Crippen molar-refractivity contribution in [1.82, 2.24) is 20.4 Å². The van der Waals surface area contributed by atoms with E-state index in [1.807, 2.05) is 4.90 Å². The summed E-state index contributed by atoms with van der Waals surface area (Å²) in [6.07, 6.45) is 6.55. The molecule has 6 nitrogen and oxygen atoms in total. The maximum absolute atomic E-state index is 12.3. The molecule has 0 aromatic carbocycles. The Hall–Kier alpha value is -0.850. The highest BCUT2D eigenvalue weighted by molar-refractivity contribution is 5.86. The molecule has 0 aromatic heterocycles. The van der Waals surface area contributed by atoms with Crippen LogP contribution in [0.3, 0.4) is 0 Å². The SMILES string of the molecule is Cl.O=C(NCC(=O)N1CCC(N2CCNCC2)C1)C1CCCCC1. The summed E-state index contributed by atoms with van der Waals surface area (Å²) >= 11 is 0. The molecule has 1 saturated carbocycles. The second-order valence-electron chi connectivity index (χ2n) is 7.12. The summed E-state index contributed by atoms with van der Waals surface area (Å²) in [5.41, 5.74) is 0. The third-order valence-corrected chi connectivity index (χ3v) is 5.57. The Labute approximate surface area is 151 Å². The quantitative estimate of drug-likeness (QED) is 0.773. The highest BCUT2D eigenvalue weighted by atomic mass is 35.5. The predicted molar refractivity (Wildman–Crippen MR) is 96.3 cm³/mol. The van der Waals surface area contributed by atoms with E-state index in [1.54, 1.807) is 0 Å². The maximum atomic E-state index is 12.3. The summed E-state index contributed by atoms with van der Waals surface area (Å²) in [6.45, 7) is 6.05. The van der Waals surface area contributed by atoms with Gasteiger partial charge in [0.1, 0.15) is 0 Å². The van der Waals surface area contributed by atoms with Crippen LogP contribution in [-0.2, 0) is 9.59 Å². The normalized spacial score (nSPS) is 26.0. The lowest BCUT2D eigenvalue weighted by molar-refractivity contribution is -0.133. The number of hydrogen-bond acceptors (Lipinski definition) is 4. The summed E-state index contributed by atoms with van der Waals surface area (Å²) < 4.78 is 0. The van der Waals surface area contributed by atoms with E-state index >= 15 is 0 Å². The largest absolute Gasteiger partial charge is 0.347 e. The summed E-state index contributed by atoms with van der Waals surface area (Å²) in [6, 6.07) is 0.495. The van der Waals surface area contributed by atoms with Gasteiger partial charge in [-0.2, -0.15) is 0 Å². The number of hydrogen-bond donors (Lipinski definition) is 2. The van der Waals surface area contributed by atoms with Crippen LogP contribution in [0.2, 0.25) is 0 Å². The minimum atomic E-state index is 0. The molecule has 1 aliphatic carbocycles. The first-order valence-electron chi connectivity index (χ1n) is 9.24. The second kappa shape index (κ2) is 9.59. The standard InChI is InChI=1S/C17H30N4O2.ClH/c22-16(12-19-17(23)14-4-2-1-3-5-14)21-9-6-15(13-21)20-10-7-18-8-11-20;/h14-15,18H,1-13H2,(H,19,23);1H. The zero-order valence-electron chi connectivity index (χ0n) is 14.5. The van der Waals surface area contributed by atoms with Crippen LogP contribution in [-0.4, -0.2) is 73.5 Å². The third kappa shape index (κ3) is 5.07. The number of likely N-dealkylation sites (tertiary alicyclic amines) is 1. The van der Waals surface area contributed by atoms with Gasteiger partial charge in [-0.3, -0.25) is 14.5 Å². The molecule has 3 aliphatic rings. The van der Waals surface area contributed by atoms with Gasteiger partial charge in [-0.05, 0) is 19.3 Å². The van der Waals surface area contributed by atoms with Crippen LogP contribution in [0.15, 0.2) is 0 Å². The van der Waals surface area contributed by atoms with Crippen molar-refractivity contribution in [2.24, 2.45) is 5.92 Å². The molecule has 0 bridgehead atoms. The second-order valence-corrected chi connectivity index (χ2v) is 7.12. The Bertz CT molecular complexity index is 423. The molecular weight excluding hydrogens is 328 g/mol. The molecule has 0 radical (unpaired) electrons. The summed E-state index contributed by atoms with van der Waals surface area (Å²) in [5, 5.41) is 6.24. The number of carbonyl (C=O) groups excluding carboxylic acids is 2. The van der Waals surface area contributed by atoms with Gasteiger partial charge in [0.25, 0.3) is 0 Å². The van der Waals surface area contributed by atoms with Gasteiger partial charge in [0.15, 0.2) is 0 Å². The zero-order chi connectivity index (χ0) is 16.1. The Balaban J connectivity index is 0.00000208. The molecule has 2 heterocycles. The van der Waals surface area contributed by atoms with Crippen LogP contribution >= 0.6 is 12.4 Å². The topological polar surface area (TPSA) is 64.7 Å². The Morgan fingerprint density at radius 1 is 1.00 bits per heavy atom. The molecule has 3 rings (SSSR count). The van der Waals surface area contributed by atoms with Crippen molar-refractivity contribution in [3.05, 3.63) is 0 Å². The van der Waals surface area contributed by atoms with Crippen molar-refractivity contribution < 1.29 is 9.59 Å². The minimum Gasteiger partial charge on any atom is -0.347 e. The number of carbonyl (C=O) groups is 2. The molecule has 2 N–H and O–H groups in total. The number of rotatable bonds is 4. The molecule has 2 aliphatic heterocycles. The van der Waals surface area contributed by atoms with Crippen molar-refractivity contribution in [2.75, 3.05) is 45.8 Å². The van der Waals surface area contributed by atoms with Crippen molar-refractivity contribution in [3.8, 4) is 0 Å². The van der Waals surface area contributed by atoms with Gasteiger partial charge in [-0.25, -0.2) is 0 Å². The van der Waals surface area contributed by atoms with E-state index in [2.05, 4.69) is 15.5 Å². The van der Waals surface area contributed by atoms with Crippen LogP contribution < -0.4 is 10.6 Å². The average molecular weight is 359 g/mol. The van der Waals surface area contributed by atoms with E-state index in [9.17, 15) is 9.59 Å². The van der Waals surface area contributed by atoms with Crippen LogP contribution in [0.5, 0.6) is 0 Å². The van der Waals surface area contributed by atoms with Crippen LogP contribution in [0.1, 0.15) is 38.5 Å².